The van der Waals surface area contributed by atoms with Crippen molar-refractivity contribution < 1.29 is 19.1 Å². The van der Waals surface area contributed by atoms with E-state index >= 15 is 0 Å². The van der Waals surface area contributed by atoms with E-state index in [2.05, 4.69) is 15.6 Å². The molecule has 1 heterocycles. The number of hydrogen-bond donors (Lipinski definition) is 3. The smallest absolute Gasteiger partial charge is 0.315 e. The third-order valence-electron chi connectivity index (χ3n) is 2.70. The molecule has 0 fully saturated rings. The number of aromatic nitrogens is 1. The summed E-state index contributed by atoms with van der Waals surface area (Å²) < 4.78 is 5.35. The van der Waals surface area contributed by atoms with E-state index in [4.69, 9.17) is 9.52 Å². The Bertz CT molecular complexity index is 431. The number of unbranched alkanes of at least 4 members (excludes halogenated alkanes) is 2. The number of carbonyl (C=O) groups is 2. The number of carbonyl (C=O) groups excluding carboxylic acids is 1. The Morgan fingerprint density at radius 1 is 1.30 bits per heavy atom. The molecule has 1 rings (SSSR count). The minimum absolute atomic E-state index is 0.177. The first-order valence-corrected chi connectivity index (χ1v) is 6.79. The minimum atomic E-state index is -0.784. The molecule has 0 spiro atoms. The summed E-state index contributed by atoms with van der Waals surface area (Å²) in [4.78, 5) is 25.8. The number of carboxylic acids is 1. The maximum atomic E-state index is 11.4. The first-order chi connectivity index (χ1) is 9.61. The van der Waals surface area contributed by atoms with Crippen LogP contribution in [0.3, 0.4) is 0 Å². The van der Waals surface area contributed by atoms with Gasteiger partial charge >= 0.3 is 12.0 Å². The molecule has 7 heteroatoms. The topological polar surface area (TPSA) is 104 Å². The van der Waals surface area contributed by atoms with Gasteiger partial charge in [-0.15, -0.1) is 0 Å². The van der Waals surface area contributed by atoms with Gasteiger partial charge < -0.3 is 20.2 Å². The van der Waals surface area contributed by atoms with Crippen molar-refractivity contribution in [1.82, 2.24) is 15.6 Å². The first kappa shape index (κ1) is 16.0. The summed E-state index contributed by atoms with van der Waals surface area (Å²) in [6.45, 7) is 2.75. The number of aryl methyl sites for hydroxylation is 1. The first-order valence-electron chi connectivity index (χ1n) is 6.79. The molecule has 20 heavy (non-hydrogen) atoms. The van der Waals surface area contributed by atoms with Crippen molar-refractivity contribution in [2.45, 2.75) is 45.6 Å². The second kappa shape index (κ2) is 8.95. The van der Waals surface area contributed by atoms with Gasteiger partial charge in [-0.25, -0.2) is 9.78 Å². The number of hydrogen-bond acceptors (Lipinski definition) is 4. The number of rotatable bonds is 9. The van der Waals surface area contributed by atoms with Gasteiger partial charge in [0.05, 0.1) is 12.7 Å². The Balaban J connectivity index is 2.04. The van der Waals surface area contributed by atoms with Gasteiger partial charge in [0.15, 0.2) is 0 Å². The van der Waals surface area contributed by atoms with Crippen LogP contribution in [0.2, 0.25) is 0 Å². The predicted octanol–water partition coefficient (Wildman–Crippen LogP) is 1.68. The Morgan fingerprint density at radius 3 is 2.75 bits per heavy atom. The van der Waals surface area contributed by atoms with Crippen LogP contribution in [0.4, 0.5) is 4.79 Å². The van der Waals surface area contributed by atoms with E-state index in [1.165, 1.54) is 0 Å². The zero-order valence-electron chi connectivity index (χ0n) is 11.6. The van der Waals surface area contributed by atoms with Crippen LogP contribution in [0.5, 0.6) is 0 Å². The summed E-state index contributed by atoms with van der Waals surface area (Å²) >= 11 is 0. The highest BCUT2D eigenvalue weighted by Gasteiger charge is 2.05. The number of urea groups is 1. The average Bonchev–Trinajstić information content (AvgIpc) is 2.88. The summed E-state index contributed by atoms with van der Waals surface area (Å²) in [6.07, 6.45) is 4.78. The maximum Gasteiger partial charge on any atom is 0.315 e. The molecule has 7 nitrogen and oxygen atoms in total. The Morgan fingerprint density at radius 2 is 2.10 bits per heavy atom. The standard InChI is InChI=1S/C13H21N3O4/c1-2-10-8-15-11(20-10)9-16-13(19)14-7-5-3-4-6-12(17)18/h8H,2-7,9H2,1H3,(H,17,18)(H2,14,16,19). The highest BCUT2D eigenvalue weighted by atomic mass is 16.4. The van der Waals surface area contributed by atoms with Gasteiger partial charge in [0.25, 0.3) is 0 Å². The lowest BCUT2D eigenvalue weighted by atomic mass is 10.2. The second-order valence-corrected chi connectivity index (χ2v) is 4.39. The van der Waals surface area contributed by atoms with Crippen LogP contribution in [0.1, 0.15) is 44.3 Å². The van der Waals surface area contributed by atoms with Crippen molar-refractivity contribution in [3.63, 3.8) is 0 Å². The van der Waals surface area contributed by atoms with Crippen molar-refractivity contribution >= 4 is 12.0 Å². The molecule has 1 aromatic rings. The number of nitrogens with one attached hydrogen (secondary N) is 2. The fourth-order valence-corrected chi connectivity index (χ4v) is 1.59. The monoisotopic (exact) mass is 283 g/mol. The van der Waals surface area contributed by atoms with Gasteiger partial charge in [-0.2, -0.15) is 0 Å². The van der Waals surface area contributed by atoms with Crippen molar-refractivity contribution in [3.05, 3.63) is 17.8 Å². The van der Waals surface area contributed by atoms with E-state index in [9.17, 15) is 9.59 Å². The van der Waals surface area contributed by atoms with Crippen LogP contribution < -0.4 is 10.6 Å². The van der Waals surface area contributed by atoms with E-state index in [1.54, 1.807) is 6.20 Å². The highest BCUT2D eigenvalue weighted by Crippen LogP contribution is 2.03. The van der Waals surface area contributed by atoms with Crippen molar-refractivity contribution in [2.75, 3.05) is 6.54 Å². The summed E-state index contributed by atoms with van der Waals surface area (Å²) in [5, 5.41) is 13.8. The fourth-order valence-electron chi connectivity index (χ4n) is 1.59. The molecule has 0 saturated heterocycles. The van der Waals surface area contributed by atoms with Crippen LogP contribution in [-0.4, -0.2) is 28.6 Å². The SMILES string of the molecule is CCc1cnc(CNC(=O)NCCCCCC(=O)O)o1. The van der Waals surface area contributed by atoms with Gasteiger partial charge in [0.2, 0.25) is 5.89 Å². The van der Waals surface area contributed by atoms with Gasteiger partial charge in [0.1, 0.15) is 5.76 Å². The van der Waals surface area contributed by atoms with E-state index in [-0.39, 0.29) is 19.0 Å². The van der Waals surface area contributed by atoms with E-state index in [0.717, 1.165) is 25.0 Å². The van der Waals surface area contributed by atoms with Gasteiger partial charge in [0, 0.05) is 19.4 Å². The number of nitrogens with zero attached hydrogens (tertiary/aromatic N) is 1. The fraction of sp³-hybridized carbons (Fsp3) is 0.615. The molecule has 0 aliphatic heterocycles. The van der Waals surface area contributed by atoms with Crippen LogP contribution >= 0.6 is 0 Å². The van der Waals surface area contributed by atoms with Gasteiger partial charge in [-0.1, -0.05) is 13.3 Å². The Kier molecular flexibility index (Phi) is 7.16. The second-order valence-electron chi connectivity index (χ2n) is 4.39. The molecule has 2 amide bonds. The molecule has 0 aliphatic rings. The Hall–Kier alpha value is -2.05. The lowest BCUT2D eigenvalue weighted by Crippen LogP contribution is -2.35. The molecule has 0 atom stereocenters. The van der Waals surface area contributed by atoms with Crippen molar-refractivity contribution in [1.29, 1.82) is 0 Å². The molecule has 0 aliphatic carbocycles. The lowest BCUT2D eigenvalue weighted by Gasteiger charge is -2.05. The summed E-state index contributed by atoms with van der Waals surface area (Å²) in [5.74, 6) is 0.493. The third-order valence-corrected chi connectivity index (χ3v) is 2.70. The molecular formula is C13H21N3O4. The van der Waals surface area contributed by atoms with Crippen LogP contribution in [0.25, 0.3) is 0 Å². The quantitative estimate of drug-likeness (QED) is 0.598. The molecule has 3 N–H and O–H groups in total. The molecule has 0 saturated carbocycles. The largest absolute Gasteiger partial charge is 0.481 e. The van der Waals surface area contributed by atoms with Crippen molar-refractivity contribution in [2.24, 2.45) is 0 Å². The van der Waals surface area contributed by atoms with Gasteiger partial charge in [-0.05, 0) is 12.8 Å². The summed E-state index contributed by atoms with van der Waals surface area (Å²) in [5.41, 5.74) is 0. The molecule has 0 aromatic carbocycles. The maximum absolute atomic E-state index is 11.4. The molecule has 112 valence electrons. The zero-order chi connectivity index (χ0) is 14.8. The van der Waals surface area contributed by atoms with Crippen LogP contribution in [-0.2, 0) is 17.8 Å². The lowest BCUT2D eigenvalue weighted by molar-refractivity contribution is -0.137. The number of carboxylic acid groups (broad SMARTS) is 1. The molecule has 0 radical (unpaired) electrons. The number of aliphatic carboxylic acids is 1. The van der Waals surface area contributed by atoms with Crippen LogP contribution in [0, 0.1) is 0 Å². The zero-order valence-corrected chi connectivity index (χ0v) is 11.6. The number of amides is 2. The molecular weight excluding hydrogens is 262 g/mol. The average molecular weight is 283 g/mol. The summed E-state index contributed by atoms with van der Waals surface area (Å²) in [7, 11) is 0. The summed E-state index contributed by atoms with van der Waals surface area (Å²) in [6, 6.07) is -0.278. The van der Waals surface area contributed by atoms with Gasteiger partial charge in [-0.3, -0.25) is 4.79 Å². The Labute approximate surface area is 117 Å². The number of oxazole rings is 1. The normalized spacial score (nSPS) is 10.2. The van der Waals surface area contributed by atoms with E-state index in [1.807, 2.05) is 6.92 Å². The highest BCUT2D eigenvalue weighted by molar-refractivity contribution is 5.73. The van der Waals surface area contributed by atoms with Crippen molar-refractivity contribution in [3.8, 4) is 0 Å². The molecule has 0 bridgehead atoms. The van der Waals surface area contributed by atoms with E-state index in [0.29, 0.717) is 18.9 Å². The van der Waals surface area contributed by atoms with Crippen LogP contribution in [0.15, 0.2) is 10.6 Å². The molecule has 0 unspecified atom stereocenters. The van der Waals surface area contributed by atoms with E-state index < -0.39 is 5.97 Å². The third kappa shape index (κ3) is 6.77. The minimum Gasteiger partial charge on any atom is -0.481 e. The predicted molar refractivity (Wildman–Crippen MR) is 72.2 cm³/mol. The molecule has 1 aromatic heterocycles.